The third-order valence-electron chi connectivity index (χ3n) is 4.06. The van der Waals surface area contributed by atoms with Gasteiger partial charge in [-0.2, -0.15) is 0 Å². The molecule has 5 heteroatoms. The number of aryl methyl sites for hydroxylation is 1. The fourth-order valence-electron chi connectivity index (χ4n) is 2.84. The molecule has 2 rings (SSSR count). The summed E-state index contributed by atoms with van der Waals surface area (Å²) in [6, 6.07) is 0. The molecule has 0 aromatic carbocycles. The van der Waals surface area contributed by atoms with Crippen LogP contribution in [-0.4, -0.2) is 22.6 Å². The Morgan fingerprint density at radius 2 is 2.10 bits per heavy atom. The Kier molecular flexibility index (Phi) is 6.49. The fraction of sp³-hybridized carbons (Fsp3) is 0.750. The number of nitrogens with one attached hydrogen (secondary N) is 1. The number of carboxylic acids is 1. The summed E-state index contributed by atoms with van der Waals surface area (Å²) in [7, 11) is 0. The molecule has 0 spiro atoms. The van der Waals surface area contributed by atoms with Crippen LogP contribution >= 0.6 is 11.3 Å². The standard InChI is InChI=1S/C16H26N2O2S/c1-2-3-4-5-6-7-11-17-16-18-14-12(15(19)20)9-8-10-13(14)21-16/h12H,2-11H2,1H3,(H,17,18)(H,19,20). The molecule has 0 radical (unpaired) electrons. The Balaban J connectivity index is 1.76. The summed E-state index contributed by atoms with van der Waals surface area (Å²) in [5, 5.41) is 13.5. The largest absolute Gasteiger partial charge is 0.481 e. The highest BCUT2D eigenvalue weighted by Gasteiger charge is 2.29. The second kappa shape index (κ2) is 8.37. The number of hydrogen-bond acceptors (Lipinski definition) is 4. The summed E-state index contributed by atoms with van der Waals surface area (Å²) >= 11 is 1.64. The summed E-state index contributed by atoms with van der Waals surface area (Å²) in [5.41, 5.74) is 0.809. The van der Waals surface area contributed by atoms with Crippen LogP contribution < -0.4 is 5.32 Å². The molecule has 118 valence electrons. The van der Waals surface area contributed by atoms with Crippen LogP contribution in [0.3, 0.4) is 0 Å². The highest BCUT2D eigenvalue weighted by atomic mass is 32.1. The molecule has 0 saturated heterocycles. The molecule has 1 unspecified atom stereocenters. The molecular formula is C16H26N2O2S. The predicted molar refractivity (Wildman–Crippen MR) is 87.3 cm³/mol. The Hall–Kier alpha value is -1.10. The van der Waals surface area contributed by atoms with E-state index in [2.05, 4.69) is 17.2 Å². The Bertz CT molecular complexity index is 459. The zero-order chi connectivity index (χ0) is 15.1. The third-order valence-corrected chi connectivity index (χ3v) is 5.15. The third kappa shape index (κ3) is 4.70. The first-order chi connectivity index (χ1) is 10.2. The number of carboxylic acid groups (broad SMARTS) is 1. The molecule has 0 fully saturated rings. The molecule has 1 atom stereocenters. The Morgan fingerprint density at radius 1 is 1.33 bits per heavy atom. The normalized spacial score (nSPS) is 17.5. The van der Waals surface area contributed by atoms with Crippen molar-refractivity contribution in [2.75, 3.05) is 11.9 Å². The van der Waals surface area contributed by atoms with Crippen LogP contribution in [0.2, 0.25) is 0 Å². The molecule has 1 aliphatic carbocycles. The molecule has 1 aromatic rings. The van der Waals surface area contributed by atoms with E-state index in [1.54, 1.807) is 11.3 Å². The van der Waals surface area contributed by atoms with Gasteiger partial charge in [-0.05, 0) is 25.7 Å². The zero-order valence-corrected chi connectivity index (χ0v) is 13.7. The van der Waals surface area contributed by atoms with E-state index in [9.17, 15) is 9.90 Å². The molecule has 0 aliphatic heterocycles. The molecule has 2 N–H and O–H groups in total. The van der Waals surface area contributed by atoms with Crippen LogP contribution in [0.1, 0.15) is 74.8 Å². The van der Waals surface area contributed by atoms with Crippen molar-refractivity contribution in [1.29, 1.82) is 0 Å². The monoisotopic (exact) mass is 310 g/mol. The zero-order valence-electron chi connectivity index (χ0n) is 12.9. The average molecular weight is 310 g/mol. The lowest BCUT2D eigenvalue weighted by Crippen LogP contribution is -2.17. The smallest absolute Gasteiger partial charge is 0.312 e. The summed E-state index contributed by atoms with van der Waals surface area (Å²) in [5.74, 6) is -1.13. The molecule has 0 saturated carbocycles. The van der Waals surface area contributed by atoms with Crippen molar-refractivity contribution in [2.24, 2.45) is 0 Å². The van der Waals surface area contributed by atoms with Gasteiger partial charge in [0.2, 0.25) is 0 Å². The minimum absolute atomic E-state index is 0.394. The number of unbranched alkanes of at least 4 members (excludes halogenated alkanes) is 5. The summed E-state index contributed by atoms with van der Waals surface area (Å²) < 4.78 is 0. The van der Waals surface area contributed by atoms with Crippen molar-refractivity contribution < 1.29 is 9.90 Å². The number of nitrogens with zero attached hydrogens (tertiary/aromatic N) is 1. The van der Waals surface area contributed by atoms with Crippen molar-refractivity contribution in [3.8, 4) is 0 Å². The predicted octanol–water partition coefficient (Wildman–Crippen LogP) is 4.42. The van der Waals surface area contributed by atoms with Crippen LogP contribution in [0.15, 0.2) is 0 Å². The number of thiazole rings is 1. The number of fused-ring (bicyclic) bond motifs is 1. The Morgan fingerprint density at radius 3 is 2.86 bits per heavy atom. The maximum Gasteiger partial charge on any atom is 0.312 e. The molecule has 4 nitrogen and oxygen atoms in total. The molecule has 1 heterocycles. The molecule has 0 amide bonds. The summed E-state index contributed by atoms with van der Waals surface area (Å²) in [6.45, 7) is 3.17. The van der Waals surface area contributed by atoms with E-state index in [4.69, 9.17) is 0 Å². The molecule has 1 aliphatic rings. The van der Waals surface area contributed by atoms with Gasteiger partial charge in [-0.25, -0.2) is 4.98 Å². The van der Waals surface area contributed by atoms with Gasteiger partial charge >= 0.3 is 5.97 Å². The van der Waals surface area contributed by atoms with Crippen LogP contribution in [0.25, 0.3) is 0 Å². The number of rotatable bonds is 9. The lowest BCUT2D eigenvalue weighted by atomic mass is 9.91. The number of aliphatic carboxylic acids is 1. The first-order valence-electron chi connectivity index (χ1n) is 8.18. The minimum atomic E-state index is -0.733. The number of anilines is 1. The minimum Gasteiger partial charge on any atom is -0.481 e. The number of hydrogen-bond donors (Lipinski definition) is 2. The van der Waals surface area contributed by atoms with Gasteiger partial charge < -0.3 is 10.4 Å². The molecule has 21 heavy (non-hydrogen) atoms. The van der Waals surface area contributed by atoms with Gasteiger partial charge in [-0.1, -0.05) is 39.0 Å². The van der Waals surface area contributed by atoms with Crippen molar-refractivity contribution in [1.82, 2.24) is 4.98 Å². The second-order valence-electron chi connectivity index (χ2n) is 5.81. The van der Waals surface area contributed by atoms with Gasteiger partial charge in [0.25, 0.3) is 0 Å². The Labute approximate surface area is 131 Å². The number of aromatic nitrogens is 1. The van der Waals surface area contributed by atoms with Crippen molar-refractivity contribution in [2.45, 2.75) is 70.6 Å². The topological polar surface area (TPSA) is 62.2 Å². The van der Waals surface area contributed by atoms with Gasteiger partial charge in [-0.3, -0.25) is 4.79 Å². The van der Waals surface area contributed by atoms with E-state index < -0.39 is 11.9 Å². The van der Waals surface area contributed by atoms with Gasteiger partial charge in [0, 0.05) is 11.4 Å². The highest BCUT2D eigenvalue weighted by molar-refractivity contribution is 7.15. The molecule has 0 bridgehead atoms. The van der Waals surface area contributed by atoms with Crippen LogP contribution in [-0.2, 0) is 11.2 Å². The molecular weight excluding hydrogens is 284 g/mol. The molecule has 1 aromatic heterocycles. The van der Waals surface area contributed by atoms with Gasteiger partial charge in [0.05, 0.1) is 5.69 Å². The van der Waals surface area contributed by atoms with Crippen molar-refractivity contribution in [3.63, 3.8) is 0 Å². The lowest BCUT2D eigenvalue weighted by Gasteiger charge is -2.16. The van der Waals surface area contributed by atoms with Gasteiger partial charge in [-0.15, -0.1) is 11.3 Å². The van der Waals surface area contributed by atoms with E-state index in [-0.39, 0.29) is 0 Å². The van der Waals surface area contributed by atoms with E-state index in [0.29, 0.717) is 0 Å². The van der Waals surface area contributed by atoms with Crippen molar-refractivity contribution in [3.05, 3.63) is 10.6 Å². The van der Waals surface area contributed by atoms with E-state index in [0.717, 1.165) is 43.1 Å². The van der Waals surface area contributed by atoms with E-state index in [1.165, 1.54) is 37.0 Å². The number of carbonyl (C=O) groups is 1. The van der Waals surface area contributed by atoms with Gasteiger partial charge in [0.15, 0.2) is 5.13 Å². The SMILES string of the molecule is CCCCCCCCNc1nc2c(s1)CCCC2C(=O)O. The second-order valence-corrected chi connectivity index (χ2v) is 6.89. The van der Waals surface area contributed by atoms with Crippen LogP contribution in [0, 0.1) is 0 Å². The lowest BCUT2D eigenvalue weighted by molar-refractivity contribution is -0.139. The summed E-state index contributed by atoms with van der Waals surface area (Å²) in [6.07, 6.45) is 10.4. The highest BCUT2D eigenvalue weighted by Crippen LogP contribution is 2.36. The van der Waals surface area contributed by atoms with Crippen LogP contribution in [0.4, 0.5) is 5.13 Å². The first kappa shape index (κ1) is 16.3. The fourth-order valence-corrected chi connectivity index (χ4v) is 3.93. The van der Waals surface area contributed by atoms with Gasteiger partial charge in [0.1, 0.15) is 5.92 Å². The first-order valence-corrected chi connectivity index (χ1v) is 9.00. The van der Waals surface area contributed by atoms with Crippen molar-refractivity contribution >= 4 is 22.4 Å². The quantitative estimate of drug-likeness (QED) is 0.663. The maximum absolute atomic E-state index is 11.3. The van der Waals surface area contributed by atoms with E-state index in [1.807, 2.05) is 0 Å². The maximum atomic E-state index is 11.3. The summed E-state index contributed by atoms with van der Waals surface area (Å²) in [4.78, 5) is 16.9. The van der Waals surface area contributed by atoms with Crippen LogP contribution in [0.5, 0.6) is 0 Å². The van der Waals surface area contributed by atoms with E-state index >= 15 is 0 Å². The average Bonchev–Trinajstić information content (AvgIpc) is 2.88.